The van der Waals surface area contributed by atoms with Crippen molar-refractivity contribution < 1.29 is 13.5 Å². The van der Waals surface area contributed by atoms with Crippen LogP contribution < -0.4 is 4.72 Å². The molecule has 1 aromatic carbocycles. The monoisotopic (exact) mass is 315 g/mol. The van der Waals surface area contributed by atoms with Crippen molar-refractivity contribution in [2.24, 2.45) is 0 Å². The SMILES string of the molecule is CCC(CC)NS(=O)(=O)c1ccc(C#CCO)cc1Cl. The predicted octanol–water partition coefficient (Wildman–Crippen LogP) is 2.15. The highest BCUT2D eigenvalue weighted by Crippen LogP contribution is 2.23. The molecule has 0 radical (unpaired) electrons. The van der Waals surface area contributed by atoms with E-state index in [1.165, 1.54) is 12.1 Å². The van der Waals surface area contributed by atoms with Crippen molar-refractivity contribution in [1.82, 2.24) is 4.72 Å². The quantitative estimate of drug-likeness (QED) is 0.818. The molecule has 0 aromatic heterocycles. The predicted molar refractivity (Wildman–Crippen MR) is 80.1 cm³/mol. The van der Waals surface area contributed by atoms with Crippen LogP contribution in [0, 0.1) is 11.8 Å². The van der Waals surface area contributed by atoms with E-state index >= 15 is 0 Å². The van der Waals surface area contributed by atoms with Gasteiger partial charge in [0.05, 0.1) is 5.02 Å². The van der Waals surface area contributed by atoms with Crippen molar-refractivity contribution in [2.45, 2.75) is 37.6 Å². The number of halogens is 1. The third-order valence-electron chi connectivity index (χ3n) is 2.84. The van der Waals surface area contributed by atoms with E-state index in [1.54, 1.807) is 6.07 Å². The summed E-state index contributed by atoms with van der Waals surface area (Å²) in [6.07, 6.45) is 1.43. The third-order valence-corrected chi connectivity index (χ3v) is 4.84. The van der Waals surface area contributed by atoms with Gasteiger partial charge in [-0.2, -0.15) is 0 Å². The molecule has 20 heavy (non-hydrogen) atoms. The smallest absolute Gasteiger partial charge is 0.242 e. The second-order valence-corrected chi connectivity index (χ2v) is 6.33. The number of aliphatic hydroxyl groups excluding tert-OH is 1. The number of sulfonamides is 1. The van der Waals surface area contributed by atoms with Gasteiger partial charge in [0.2, 0.25) is 10.0 Å². The number of nitrogens with one attached hydrogen (secondary N) is 1. The fourth-order valence-electron chi connectivity index (χ4n) is 1.68. The standard InChI is InChI=1S/C14H18ClNO3S/c1-3-12(4-2)16-20(18,19)14-8-7-11(6-5-9-17)10-13(14)15/h7-8,10,12,16-17H,3-4,9H2,1-2H3. The number of hydrogen-bond acceptors (Lipinski definition) is 3. The summed E-state index contributed by atoms with van der Waals surface area (Å²) in [7, 11) is -3.63. The molecule has 0 unspecified atom stereocenters. The number of hydrogen-bond donors (Lipinski definition) is 2. The molecule has 0 aliphatic rings. The van der Waals surface area contributed by atoms with Gasteiger partial charge in [0, 0.05) is 11.6 Å². The summed E-state index contributed by atoms with van der Waals surface area (Å²) >= 11 is 6.01. The van der Waals surface area contributed by atoms with Crippen LogP contribution in [0.5, 0.6) is 0 Å². The molecule has 1 rings (SSSR count). The van der Waals surface area contributed by atoms with E-state index in [0.717, 1.165) is 0 Å². The van der Waals surface area contributed by atoms with Crippen LogP contribution in [0.3, 0.4) is 0 Å². The molecule has 4 nitrogen and oxygen atoms in total. The maximum absolute atomic E-state index is 12.2. The van der Waals surface area contributed by atoms with Gasteiger partial charge in [-0.15, -0.1) is 0 Å². The minimum absolute atomic E-state index is 0.0422. The molecule has 0 atom stereocenters. The Labute approximate surface area is 125 Å². The summed E-state index contributed by atoms with van der Waals surface area (Å²) in [6.45, 7) is 3.59. The van der Waals surface area contributed by atoms with Gasteiger partial charge in [-0.05, 0) is 31.0 Å². The van der Waals surface area contributed by atoms with Crippen LogP contribution in [0.4, 0.5) is 0 Å². The highest BCUT2D eigenvalue weighted by Gasteiger charge is 2.20. The Morgan fingerprint density at radius 2 is 2.00 bits per heavy atom. The van der Waals surface area contributed by atoms with Gasteiger partial charge in [-0.1, -0.05) is 37.3 Å². The maximum atomic E-state index is 12.2. The Bertz CT molecular complexity index is 613. The molecule has 0 aliphatic heterocycles. The van der Waals surface area contributed by atoms with Crippen LogP contribution in [0.25, 0.3) is 0 Å². The van der Waals surface area contributed by atoms with Gasteiger partial charge in [-0.25, -0.2) is 13.1 Å². The Hall–Kier alpha value is -1.06. The van der Waals surface area contributed by atoms with E-state index in [1.807, 2.05) is 13.8 Å². The lowest BCUT2D eigenvalue weighted by atomic mass is 10.2. The van der Waals surface area contributed by atoms with Crippen molar-refractivity contribution in [3.05, 3.63) is 28.8 Å². The minimum Gasteiger partial charge on any atom is -0.384 e. The fourth-order valence-corrected chi connectivity index (χ4v) is 3.62. The summed E-state index contributed by atoms with van der Waals surface area (Å²) < 4.78 is 27.1. The molecule has 0 heterocycles. The Morgan fingerprint density at radius 1 is 1.35 bits per heavy atom. The average molecular weight is 316 g/mol. The van der Waals surface area contributed by atoms with E-state index in [4.69, 9.17) is 16.7 Å². The summed E-state index contributed by atoms with van der Waals surface area (Å²) in [5, 5.41) is 8.74. The first kappa shape index (κ1) is 17.0. The van der Waals surface area contributed by atoms with Crippen LogP contribution in [-0.2, 0) is 10.0 Å². The molecule has 0 saturated heterocycles. The van der Waals surface area contributed by atoms with Crippen LogP contribution in [0.15, 0.2) is 23.1 Å². The molecule has 0 spiro atoms. The average Bonchev–Trinajstić information content (AvgIpc) is 2.42. The van der Waals surface area contributed by atoms with Crippen molar-refractivity contribution in [3.63, 3.8) is 0 Å². The lowest BCUT2D eigenvalue weighted by Gasteiger charge is -2.15. The first-order valence-electron chi connectivity index (χ1n) is 6.36. The number of aliphatic hydroxyl groups is 1. The van der Waals surface area contributed by atoms with Crippen molar-refractivity contribution in [2.75, 3.05) is 6.61 Å². The van der Waals surface area contributed by atoms with Gasteiger partial charge in [0.15, 0.2) is 0 Å². The van der Waals surface area contributed by atoms with Gasteiger partial charge < -0.3 is 5.11 Å². The molecule has 2 N–H and O–H groups in total. The zero-order valence-electron chi connectivity index (χ0n) is 11.5. The van der Waals surface area contributed by atoms with Crippen molar-refractivity contribution in [1.29, 1.82) is 0 Å². The van der Waals surface area contributed by atoms with Gasteiger partial charge in [0.25, 0.3) is 0 Å². The highest BCUT2D eigenvalue weighted by molar-refractivity contribution is 7.89. The lowest BCUT2D eigenvalue weighted by Crippen LogP contribution is -2.34. The summed E-state index contributed by atoms with van der Waals surface area (Å²) in [4.78, 5) is 0.0422. The van der Waals surface area contributed by atoms with E-state index in [9.17, 15) is 8.42 Å². The molecule has 0 bridgehead atoms. The Balaban J connectivity index is 3.07. The maximum Gasteiger partial charge on any atom is 0.242 e. The molecular weight excluding hydrogens is 298 g/mol. The van der Waals surface area contributed by atoms with Crippen LogP contribution in [0.1, 0.15) is 32.3 Å². The first-order chi connectivity index (χ1) is 9.44. The zero-order chi connectivity index (χ0) is 15.2. The molecule has 0 fully saturated rings. The largest absolute Gasteiger partial charge is 0.384 e. The normalized spacial score (nSPS) is 11.2. The summed E-state index contributed by atoms with van der Waals surface area (Å²) in [5.74, 6) is 5.16. The molecule has 0 saturated carbocycles. The molecular formula is C14H18ClNO3S. The Morgan fingerprint density at radius 3 is 2.50 bits per heavy atom. The topological polar surface area (TPSA) is 66.4 Å². The second-order valence-electron chi connectivity index (χ2n) is 4.24. The van der Waals surface area contributed by atoms with Gasteiger partial charge >= 0.3 is 0 Å². The van der Waals surface area contributed by atoms with E-state index in [-0.39, 0.29) is 22.6 Å². The van der Waals surface area contributed by atoms with Gasteiger partial charge in [-0.3, -0.25) is 0 Å². The fraction of sp³-hybridized carbons (Fsp3) is 0.429. The van der Waals surface area contributed by atoms with E-state index < -0.39 is 10.0 Å². The summed E-state index contributed by atoms with van der Waals surface area (Å²) in [5.41, 5.74) is 0.561. The van der Waals surface area contributed by atoms with Crippen LogP contribution in [-0.4, -0.2) is 26.2 Å². The molecule has 0 amide bonds. The van der Waals surface area contributed by atoms with Gasteiger partial charge in [0.1, 0.15) is 11.5 Å². The Kier molecular flexibility index (Phi) is 6.50. The number of benzene rings is 1. The first-order valence-corrected chi connectivity index (χ1v) is 8.22. The van der Waals surface area contributed by atoms with Crippen molar-refractivity contribution >= 4 is 21.6 Å². The zero-order valence-corrected chi connectivity index (χ0v) is 13.1. The van der Waals surface area contributed by atoms with E-state index in [0.29, 0.717) is 18.4 Å². The third kappa shape index (κ3) is 4.50. The minimum atomic E-state index is -3.63. The number of rotatable bonds is 5. The highest BCUT2D eigenvalue weighted by atomic mass is 35.5. The van der Waals surface area contributed by atoms with Crippen LogP contribution >= 0.6 is 11.6 Å². The van der Waals surface area contributed by atoms with E-state index in [2.05, 4.69) is 16.6 Å². The molecule has 110 valence electrons. The molecule has 6 heteroatoms. The molecule has 1 aromatic rings. The van der Waals surface area contributed by atoms with Crippen molar-refractivity contribution in [3.8, 4) is 11.8 Å². The van der Waals surface area contributed by atoms with Crippen LogP contribution in [0.2, 0.25) is 5.02 Å². The molecule has 0 aliphatic carbocycles. The summed E-state index contributed by atoms with van der Waals surface area (Å²) in [6, 6.07) is 4.36. The lowest BCUT2D eigenvalue weighted by molar-refractivity contribution is 0.350. The second kappa shape index (κ2) is 7.65.